The summed E-state index contributed by atoms with van der Waals surface area (Å²) in [5, 5.41) is 27.5. The first-order chi connectivity index (χ1) is 8.42. The van der Waals surface area contributed by atoms with Gasteiger partial charge >= 0.3 is 0 Å². The van der Waals surface area contributed by atoms with Gasteiger partial charge in [0.15, 0.2) is 5.82 Å². The molecule has 3 aromatic heterocycles. The van der Waals surface area contributed by atoms with Crippen molar-refractivity contribution < 1.29 is 9.26 Å². The lowest BCUT2D eigenvalue weighted by molar-refractivity contribution is 0.308. The molecule has 0 saturated heterocycles. The Bertz CT molecular complexity index is 519. The number of aromatic nitrogens is 8. The summed E-state index contributed by atoms with van der Waals surface area (Å²) in [5.74, 6) is 0.975. The quantitative estimate of drug-likeness (QED) is 0.578. The first-order valence-corrected chi connectivity index (χ1v) is 4.29. The van der Waals surface area contributed by atoms with Crippen LogP contribution < -0.4 is 10.7 Å². The van der Waals surface area contributed by atoms with Crippen LogP contribution in [0.15, 0.2) is 21.7 Å². The Morgan fingerprint density at radius 1 is 1.06 bits per heavy atom. The van der Waals surface area contributed by atoms with Crippen LogP contribution in [0.4, 0.5) is 17.6 Å². The fourth-order valence-electron chi connectivity index (χ4n) is 0.997. The Labute approximate surface area is 91.9 Å². The minimum atomic E-state index is 0.267. The average molecular weight is 236 g/mol. The highest BCUT2D eigenvalue weighted by Gasteiger charge is 2.09. The zero-order chi connectivity index (χ0) is 11.5. The van der Waals surface area contributed by atoms with Crippen molar-refractivity contribution in [2.45, 2.75) is 0 Å². The van der Waals surface area contributed by atoms with Crippen molar-refractivity contribution in [1.82, 2.24) is 40.9 Å². The van der Waals surface area contributed by atoms with Crippen LogP contribution in [0.1, 0.15) is 0 Å². The average Bonchev–Trinajstić information content (AvgIpc) is 3.04. The van der Waals surface area contributed by atoms with Gasteiger partial charge in [-0.25, -0.2) is 9.26 Å². The number of rotatable bonds is 4. The van der Waals surface area contributed by atoms with Gasteiger partial charge in [-0.15, -0.1) is 4.79 Å². The molecule has 0 radical (unpaired) electrons. The third kappa shape index (κ3) is 1.85. The second kappa shape index (κ2) is 3.84. The fraction of sp³-hybridized carbons (Fsp3) is 0. The summed E-state index contributed by atoms with van der Waals surface area (Å²) < 4.78 is 8.82. The zero-order valence-electron chi connectivity index (χ0n) is 8.05. The highest BCUT2D eigenvalue weighted by molar-refractivity contribution is 5.45. The van der Waals surface area contributed by atoms with Gasteiger partial charge < -0.3 is 5.32 Å². The van der Waals surface area contributed by atoms with Gasteiger partial charge in [-0.2, -0.15) is 0 Å². The van der Waals surface area contributed by atoms with E-state index in [1.165, 1.54) is 17.2 Å². The topological polar surface area (TPSA) is 146 Å². The van der Waals surface area contributed by atoms with E-state index in [2.05, 4.69) is 56.2 Å². The van der Waals surface area contributed by atoms with Gasteiger partial charge in [-0.1, -0.05) is 15.4 Å². The number of anilines is 3. The molecule has 0 saturated carbocycles. The molecular formula is C5H4N10O2. The van der Waals surface area contributed by atoms with E-state index in [1.807, 2.05) is 0 Å². The highest BCUT2D eigenvalue weighted by Crippen LogP contribution is 2.09. The summed E-state index contributed by atoms with van der Waals surface area (Å²) in [6, 6.07) is 0. The summed E-state index contributed by atoms with van der Waals surface area (Å²) in [6.07, 6.45) is 2.74. The van der Waals surface area contributed by atoms with Crippen LogP contribution in [0.25, 0.3) is 0 Å². The van der Waals surface area contributed by atoms with E-state index in [4.69, 9.17) is 0 Å². The molecule has 0 bridgehead atoms. The molecule has 3 heterocycles. The summed E-state index contributed by atoms with van der Waals surface area (Å²) in [6.45, 7) is 0. The highest BCUT2D eigenvalue weighted by atomic mass is 16.6. The Balaban J connectivity index is 1.79. The monoisotopic (exact) mass is 236 g/mol. The van der Waals surface area contributed by atoms with E-state index < -0.39 is 0 Å². The molecule has 0 unspecified atom stereocenters. The van der Waals surface area contributed by atoms with E-state index in [1.54, 1.807) is 0 Å². The molecule has 0 aliphatic carbocycles. The fourth-order valence-corrected chi connectivity index (χ4v) is 0.997. The van der Waals surface area contributed by atoms with Crippen LogP contribution in [-0.4, -0.2) is 40.9 Å². The van der Waals surface area contributed by atoms with Crippen molar-refractivity contribution in [3.63, 3.8) is 0 Å². The van der Waals surface area contributed by atoms with Crippen LogP contribution in [0.2, 0.25) is 0 Å². The van der Waals surface area contributed by atoms with E-state index in [0.29, 0.717) is 11.6 Å². The van der Waals surface area contributed by atoms with Gasteiger partial charge in [0, 0.05) is 0 Å². The minimum Gasteiger partial charge on any atom is -0.302 e. The second-order valence-corrected chi connectivity index (χ2v) is 2.74. The molecule has 86 valence electrons. The maximum atomic E-state index is 4.41. The predicted octanol–water partition coefficient (Wildman–Crippen LogP) is -0.942. The first-order valence-electron chi connectivity index (χ1n) is 4.29. The molecule has 3 rings (SSSR count). The molecule has 0 aliphatic heterocycles. The summed E-state index contributed by atoms with van der Waals surface area (Å²) in [4.78, 5) is 1.22. The van der Waals surface area contributed by atoms with Crippen molar-refractivity contribution in [3.8, 4) is 0 Å². The predicted molar refractivity (Wildman–Crippen MR) is 48.7 cm³/mol. The molecule has 3 aromatic rings. The van der Waals surface area contributed by atoms with E-state index in [9.17, 15) is 0 Å². The first kappa shape index (κ1) is 9.20. The molecule has 2 N–H and O–H groups in total. The van der Waals surface area contributed by atoms with Crippen LogP contribution >= 0.6 is 0 Å². The van der Waals surface area contributed by atoms with Gasteiger partial charge in [-0.05, 0) is 20.7 Å². The van der Waals surface area contributed by atoms with Gasteiger partial charge in [0.25, 0.3) is 5.95 Å². The molecule has 12 heteroatoms. The SMILES string of the molecule is c1nonc1Nc1nnnn1Nc1cnon1. The van der Waals surface area contributed by atoms with Crippen molar-refractivity contribution in [2.75, 3.05) is 10.7 Å². The molecule has 12 nitrogen and oxygen atoms in total. The Kier molecular flexibility index (Phi) is 2.08. The number of nitrogens with one attached hydrogen (secondary N) is 2. The lowest BCUT2D eigenvalue weighted by Gasteiger charge is -2.02. The Morgan fingerprint density at radius 3 is 2.53 bits per heavy atom. The molecule has 0 atom stereocenters. The van der Waals surface area contributed by atoms with Crippen molar-refractivity contribution in [3.05, 3.63) is 12.4 Å². The van der Waals surface area contributed by atoms with E-state index in [-0.39, 0.29) is 5.95 Å². The van der Waals surface area contributed by atoms with Crippen LogP contribution in [0.3, 0.4) is 0 Å². The molecular weight excluding hydrogens is 232 g/mol. The molecule has 0 fully saturated rings. The molecule has 17 heavy (non-hydrogen) atoms. The van der Waals surface area contributed by atoms with Crippen molar-refractivity contribution >= 4 is 17.6 Å². The lowest BCUT2D eigenvalue weighted by Crippen LogP contribution is -2.14. The Morgan fingerprint density at radius 2 is 1.82 bits per heavy atom. The van der Waals surface area contributed by atoms with Crippen LogP contribution in [0.5, 0.6) is 0 Å². The lowest BCUT2D eigenvalue weighted by atomic mass is 10.7. The minimum absolute atomic E-state index is 0.267. The van der Waals surface area contributed by atoms with Crippen LogP contribution in [0, 0.1) is 0 Å². The molecule has 0 spiro atoms. The standard InChI is InChI=1S/C5H4N10O2/c1-3(11-16-6-1)8-5-9-13-14-15(5)10-4-2-7-17-12-4/h1-2H,(H,10,12)(H,8,9,11,14). The molecule has 0 aromatic carbocycles. The Hall–Kier alpha value is -3.05. The van der Waals surface area contributed by atoms with Crippen molar-refractivity contribution in [1.29, 1.82) is 0 Å². The molecule has 0 aliphatic rings. The van der Waals surface area contributed by atoms with Gasteiger partial charge in [0.05, 0.1) is 0 Å². The van der Waals surface area contributed by atoms with Gasteiger partial charge in [-0.3, -0.25) is 5.43 Å². The van der Waals surface area contributed by atoms with Crippen molar-refractivity contribution in [2.24, 2.45) is 0 Å². The van der Waals surface area contributed by atoms with Gasteiger partial charge in [0.2, 0.25) is 5.82 Å². The van der Waals surface area contributed by atoms with E-state index in [0.717, 1.165) is 0 Å². The third-order valence-corrected chi connectivity index (χ3v) is 1.65. The number of hydrogen-bond donors (Lipinski definition) is 2. The van der Waals surface area contributed by atoms with E-state index >= 15 is 0 Å². The maximum Gasteiger partial charge on any atom is 0.269 e. The van der Waals surface area contributed by atoms with Crippen LogP contribution in [-0.2, 0) is 0 Å². The van der Waals surface area contributed by atoms with Gasteiger partial charge in [0.1, 0.15) is 12.4 Å². The second-order valence-electron chi connectivity index (χ2n) is 2.74. The largest absolute Gasteiger partial charge is 0.302 e. The smallest absolute Gasteiger partial charge is 0.269 e. The normalized spacial score (nSPS) is 10.4. The zero-order valence-corrected chi connectivity index (χ0v) is 8.05. The number of nitrogens with zero attached hydrogens (tertiary/aromatic N) is 8. The number of hydrogen-bond acceptors (Lipinski definition) is 11. The third-order valence-electron chi connectivity index (χ3n) is 1.65. The maximum absolute atomic E-state index is 4.41. The summed E-state index contributed by atoms with van der Waals surface area (Å²) in [5.41, 5.74) is 2.72. The summed E-state index contributed by atoms with van der Waals surface area (Å²) >= 11 is 0. The summed E-state index contributed by atoms with van der Waals surface area (Å²) in [7, 11) is 0. The molecule has 0 amide bonds. The number of tetrazole rings is 1.